The van der Waals surface area contributed by atoms with E-state index in [9.17, 15) is 4.79 Å². The first-order valence-corrected chi connectivity index (χ1v) is 13.4. The molecule has 0 radical (unpaired) electrons. The van der Waals surface area contributed by atoms with Crippen molar-refractivity contribution in [3.8, 4) is 0 Å². The van der Waals surface area contributed by atoms with Crippen molar-refractivity contribution in [3.05, 3.63) is 60.2 Å². The van der Waals surface area contributed by atoms with Crippen LogP contribution < -0.4 is 10.2 Å². The van der Waals surface area contributed by atoms with Gasteiger partial charge in [-0.25, -0.2) is 4.79 Å². The second-order valence-electron chi connectivity index (χ2n) is 10.8. The average molecular weight is 476 g/mol. The van der Waals surface area contributed by atoms with Crippen molar-refractivity contribution in [2.24, 2.45) is 5.92 Å². The van der Waals surface area contributed by atoms with Gasteiger partial charge in [-0.15, -0.1) is 0 Å². The van der Waals surface area contributed by atoms with Crippen molar-refractivity contribution in [1.82, 2.24) is 14.7 Å². The number of nitrogens with zero attached hydrogens (tertiary/aromatic N) is 4. The summed E-state index contributed by atoms with van der Waals surface area (Å²) in [6.07, 6.45) is 4.90. The lowest BCUT2D eigenvalue weighted by molar-refractivity contribution is 0.0299. The van der Waals surface area contributed by atoms with Gasteiger partial charge < -0.3 is 20.0 Å². The predicted octanol–water partition coefficient (Wildman–Crippen LogP) is 4.69. The van der Waals surface area contributed by atoms with E-state index >= 15 is 0 Å². The van der Waals surface area contributed by atoms with Gasteiger partial charge in [0.1, 0.15) is 0 Å². The van der Waals surface area contributed by atoms with Crippen LogP contribution in [0.4, 0.5) is 16.2 Å². The van der Waals surface area contributed by atoms with Crippen molar-refractivity contribution in [2.45, 2.75) is 38.1 Å². The molecule has 0 atom stereocenters. The highest BCUT2D eigenvalue weighted by molar-refractivity contribution is 5.89. The summed E-state index contributed by atoms with van der Waals surface area (Å²) in [5.41, 5.74) is 3.68. The average Bonchev–Trinajstić information content (AvgIpc) is 2.90. The Hall–Kier alpha value is -2.57. The van der Waals surface area contributed by atoms with E-state index < -0.39 is 0 Å². The Morgan fingerprint density at radius 1 is 0.857 bits per heavy atom. The largest absolute Gasteiger partial charge is 0.369 e. The number of likely N-dealkylation sites (N-methyl/N-ethyl adjacent to an activating group) is 1. The molecule has 6 heteroatoms. The van der Waals surface area contributed by atoms with E-state index in [-0.39, 0.29) is 11.6 Å². The first-order valence-electron chi connectivity index (χ1n) is 13.4. The quantitative estimate of drug-likeness (QED) is 0.697. The molecule has 2 aliphatic heterocycles. The van der Waals surface area contributed by atoms with E-state index in [4.69, 9.17) is 0 Å². The summed E-state index contributed by atoms with van der Waals surface area (Å²) in [4.78, 5) is 22.4. The molecule has 3 fully saturated rings. The second-order valence-corrected chi connectivity index (χ2v) is 10.8. The topological polar surface area (TPSA) is 42.1 Å². The van der Waals surface area contributed by atoms with Gasteiger partial charge in [0.05, 0.1) is 0 Å². The van der Waals surface area contributed by atoms with Crippen LogP contribution >= 0.6 is 0 Å². The second kappa shape index (κ2) is 10.6. The Morgan fingerprint density at radius 2 is 1.54 bits per heavy atom. The first-order chi connectivity index (χ1) is 17.0. The van der Waals surface area contributed by atoms with Gasteiger partial charge in [0, 0.05) is 69.3 Å². The molecule has 0 aromatic heterocycles. The number of urea groups is 1. The molecule has 35 heavy (non-hydrogen) atoms. The minimum Gasteiger partial charge on any atom is -0.369 e. The minimum atomic E-state index is 0.0260. The number of para-hydroxylation sites is 1. The molecule has 2 aromatic rings. The molecule has 1 aliphatic carbocycles. The number of carbonyl (C=O) groups is 1. The van der Waals surface area contributed by atoms with Crippen molar-refractivity contribution in [2.75, 3.05) is 69.6 Å². The maximum absolute atomic E-state index is 12.9. The van der Waals surface area contributed by atoms with Crippen LogP contribution in [0.5, 0.6) is 0 Å². The lowest BCUT2D eigenvalue weighted by Gasteiger charge is -2.51. The van der Waals surface area contributed by atoms with E-state index in [1.807, 2.05) is 11.0 Å². The van der Waals surface area contributed by atoms with E-state index in [1.165, 1.54) is 36.9 Å². The molecule has 2 amide bonds. The number of hydrogen-bond donors (Lipinski definition) is 1. The fourth-order valence-electron chi connectivity index (χ4n) is 6.16. The van der Waals surface area contributed by atoms with Crippen molar-refractivity contribution >= 4 is 17.4 Å². The summed E-state index contributed by atoms with van der Waals surface area (Å²) >= 11 is 0. The molecule has 1 N–H and O–H groups in total. The predicted molar refractivity (Wildman–Crippen MR) is 144 cm³/mol. The molecule has 3 aliphatic rings. The zero-order chi connectivity index (χ0) is 24.3. The van der Waals surface area contributed by atoms with Crippen LogP contribution in [0.3, 0.4) is 0 Å². The minimum absolute atomic E-state index is 0.0260. The van der Waals surface area contributed by atoms with E-state index in [0.29, 0.717) is 0 Å². The summed E-state index contributed by atoms with van der Waals surface area (Å²) in [5.74, 6) is 0.786. The van der Waals surface area contributed by atoms with Gasteiger partial charge >= 0.3 is 6.03 Å². The number of rotatable bonds is 4. The van der Waals surface area contributed by atoms with Crippen LogP contribution in [0.25, 0.3) is 0 Å². The van der Waals surface area contributed by atoms with Gasteiger partial charge in [-0.3, -0.25) is 4.90 Å². The highest BCUT2D eigenvalue weighted by atomic mass is 16.2. The Kier molecular flexibility index (Phi) is 7.30. The molecule has 0 bridgehead atoms. The molecular formula is C29H41N5O. The summed E-state index contributed by atoms with van der Waals surface area (Å²) in [6.45, 7) is 10.1. The lowest BCUT2D eigenvalue weighted by Crippen LogP contribution is -2.56. The molecule has 2 aromatic carbocycles. The lowest BCUT2D eigenvalue weighted by atomic mass is 9.71. The zero-order valence-corrected chi connectivity index (χ0v) is 21.5. The summed E-state index contributed by atoms with van der Waals surface area (Å²) < 4.78 is 0. The number of piperazine rings is 2. The molecule has 5 rings (SSSR count). The number of amides is 2. The smallest absolute Gasteiger partial charge is 0.321 e. The van der Waals surface area contributed by atoms with Gasteiger partial charge in [-0.2, -0.15) is 0 Å². The van der Waals surface area contributed by atoms with Crippen LogP contribution in [0.15, 0.2) is 54.6 Å². The molecule has 6 nitrogen and oxygen atoms in total. The molecule has 2 saturated heterocycles. The van der Waals surface area contributed by atoms with Gasteiger partial charge in [0.15, 0.2) is 0 Å². The number of benzene rings is 2. The Balaban J connectivity index is 1.32. The number of anilines is 2. The van der Waals surface area contributed by atoms with E-state index in [2.05, 4.69) is 82.5 Å². The van der Waals surface area contributed by atoms with Crippen LogP contribution in [0.1, 0.15) is 38.2 Å². The fourth-order valence-corrected chi connectivity index (χ4v) is 6.16. The third-order valence-electron chi connectivity index (χ3n) is 8.55. The fraction of sp³-hybridized carbons (Fsp3) is 0.552. The van der Waals surface area contributed by atoms with E-state index in [0.717, 1.165) is 64.0 Å². The Morgan fingerprint density at radius 3 is 2.23 bits per heavy atom. The van der Waals surface area contributed by atoms with Crippen molar-refractivity contribution in [1.29, 1.82) is 0 Å². The van der Waals surface area contributed by atoms with Crippen LogP contribution in [-0.2, 0) is 5.54 Å². The Bertz CT molecular complexity index is 972. The summed E-state index contributed by atoms with van der Waals surface area (Å²) in [6, 6.07) is 19.6. The molecule has 188 valence electrons. The van der Waals surface area contributed by atoms with Crippen LogP contribution in [0, 0.1) is 5.92 Å². The SMILES string of the molecule is CC1CCC(c2cccc(NC(=O)N3CCN(C)CC3)c2)(N2CCN(c3ccccc3)CC2)CC1. The van der Waals surface area contributed by atoms with Crippen molar-refractivity contribution < 1.29 is 4.79 Å². The normalized spacial score (nSPS) is 26.5. The third-order valence-corrected chi connectivity index (χ3v) is 8.55. The third kappa shape index (κ3) is 5.34. The number of carbonyl (C=O) groups excluding carboxylic acids is 1. The summed E-state index contributed by atoms with van der Waals surface area (Å²) in [5, 5.41) is 3.21. The Labute approximate surface area is 210 Å². The maximum atomic E-state index is 12.9. The van der Waals surface area contributed by atoms with Gasteiger partial charge in [-0.1, -0.05) is 37.3 Å². The molecule has 0 spiro atoms. The highest BCUT2D eigenvalue weighted by Crippen LogP contribution is 2.45. The standard InChI is InChI=1S/C29H41N5O/c1-24-11-13-29(14-12-24,34-21-19-32(20-22-34)27-9-4-3-5-10-27)25-7-6-8-26(23-25)30-28(35)33-17-15-31(2)16-18-33/h3-10,23-24H,11-22H2,1-2H3,(H,30,35). The maximum Gasteiger partial charge on any atom is 0.321 e. The molecule has 2 heterocycles. The summed E-state index contributed by atoms with van der Waals surface area (Å²) in [7, 11) is 2.11. The zero-order valence-electron chi connectivity index (χ0n) is 21.5. The number of hydrogen-bond acceptors (Lipinski definition) is 4. The molecule has 0 unspecified atom stereocenters. The van der Waals surface area contributed by atoms with Gasteiger partial charge in [-0.05, 0) is 68.5 Å². The monoisotopic (exact) mass is 475 g/mol. The molecular weight excluding hydrogens is 434 g/mol. The van der Waals surface area contributed by atoms with Crippen LogP contribution in [0.2, 0.25) is 0 Å². The first kappa shape index (κ1) is 24.1. The van der Waals surface area contributed by atoms with Gasteiger partial charge in [0.2, 0.25) is 0 Å². The van der Waals surface area contributed by atoms with Gasteiger partial charge in [0.25, 0.3) is 0 Å². The van der Waals surface area contributed by atoms with Crippen molar-refractivity contribution in [3.63, 3.8) is 0 Å². The van der Waals surface area contributed by atoms with Crippen LogP contribution in [-0.4, -0.2) is 80.1 Å². The highest BCUT2D eigenvalue weighted by Gasteiger charge is 2.42. The van der Waals surface area contributed by atoms with E-state index in [1.54, 1.807) is 0 Å². The molecule has 1 saturated carbocycles. The number of nitrogens with one attached hydrogen (secondary N) is 1.